The van der Waals surface area contributed by atoms with Gasteiger partial charge in [0.2, 0.25) is 0 Å². The van der Waals surface area contributed by atoms with E-state index in [1.54, 1.807) is 0 Å². The maximum absolute atomic E-state index is 5.87. The number of hydrogen-bond donors (Lipinski definition) is 1. The predicted molar refractivity (Wildman–Crippen MR) is 60.8 cm³/mol. The lowest BCUT2D eigenvalue weighted by Crippen LogP contribution is -2.44. The van der Waals surface area contributed by atoms with Gasteiger partial charge in [-0.15, -0.1) is 0 Å². The van der Waals surface area contributed by atoms with E-state index < -0.39 is 0 Å². The van der Waals surface area contributed by atoms with Gasteiger partial charge < -0.3 is 10.1 Å². The van der Waals surface area contributed by atoms with Crippen LogP contribution < -0.4 is 5.32 Å². The molecule has 3 fully saturated rings. The first-order valence-electron chi connectivity index (χ1n) is 6.72. The molecule has 2 heteroatoms. The minimum Gasteiger partial charge on any atom is -0.376 e. The van der Waals surface area contributed by atoms with Gasteiger partial charge in [-0.05, 0) is 43.9 Å². The van der Waals surface area contributed by atoms with E-state index in [0.717, 1.165) is 24.5 Å². The Kier molecular flexibility index (Phi) is 2.73. The highest BCUT2D eigenvalue weighted by atomic mass is 16.5. The zero-order valence-corrected chi connectivity index (χ0v) is 9.74. The van der Waals surface area contributed by atoms with Gasteiger partial charge in [-0.3, -0.25) is 0 Å². The standard InChI is InChI=1S/C13H23NO/c1-9-3-2-4-11(9)14-12-7-8-15-13(12)10-5-6-10/h9-14H,2-8H2,1H3. The Balaban J connectivity index is 1.56. The van der Waals surface area contributed by atoms with E-state index in [-0.39, 0.29) is 0 Å². The average molecular weight is 209 g/mol. The summed E-state index contributed by atoms with van der Waals surface area (Å²) in [6.07, 6.45) is 8.82. The SMILES string of the molecule is CC1CCCC1NC1CCOC1C1CC1. The molecule has 2 aliphatic carbocycles. The molecule has 1 N–H and O–H groups in total. The topological polar surface area (TPSA) is 21.3 Å². The third kappa shape index (κ3) is 2.07. The number of nitrogens with one attached hydrogen (secondary N) is 1. The third-order valence-corrected chi connectivity index (χ3v) is 4.51. The van der Waals surface area contributed by atoms with E-state index in [9.17, 15) is 0 Å². The second-order valence-corrected chi connectivity index (χ2v) is 5.75. The van der Waals surface area contributed by atoms with Gasteiger partial charge in [-0.2, -0.15) is 0 Å². The minimum absolute atomic E-state index is 0.554. The Labute approximate surface area is 92.8 Å². The van der Waals surface area contributed by atoms with Crippen LogP contribution in [0.1, 0.15) is 45.4 Å². The molecular formula is C13H23NO. The van der Waals surface area contributed by atoms with Crippen LogP contribution in [-0.2, 0) is 4.74 Å². The van der Waals surface area contributed by atoms with Gasteiger partial charge in [0.25, 0.3) is 0 Å². The molecule has 1 saturated heterocycles. The van der Waals surface area contributed by atoms with E-state index in [2.05, 4.69) is 12.2 Å². The first-order valence-corrected chi connectivity index (χ1v) is 6.72. The summed E-state index contributed by atoms with van der Waals surface area (Å²) >= 11 is 0. The lowest BCUT2D eigenvalue weighted by Gasteiger charge is -2.26. The summed E-state index contributed by atoms with van der Waals surface area (Å²) in [5.74, 6) is 1.77. The zero-order chi connectivity index (χ0) is 10.3. The van der Waals surface area contributed by atoms with Gasteiger partial charge >= 0.3 is 0 Å². The van der Waals surface area contributed by atoms with Gasteiger partial charge in [-0.25, -0.2) is 0 Å². The van der Waals surface area contributed by atoms with Crippen molar-refractivity contribution in [3.63, 3.8) is 0 Å². The fourth-order valence-electron chi connectivity index (χ4n) is 3.35. The highest BCUT2D eigenvalue weighted by Gasteiger charge is 2.41. The molecule has 3 aliphatic rings. The van der Waals surface area contributed by atoms with Crippen LogP contribution >= 0.6 is 0 Å². The predicted octanol–water partition coefficient (Wildman–Crippen LogP) is 2.33. The van der Waals surface area contributed by atoms with Crippen LogP contribution in [0.5, 0.6) is 0 Å². The Morgan fingerprint density at radius 3 is 2.53 bits per heavy atom. The molecule has 15 heavy (non-hydrogen) atoms. The van der Waals surface area contributed by atoms with Crippen molar-refractivity contribution in [2.24, 2.45) is 11.8 Å². The second kappa shape index (κ2) is 4.06. The molecule has 0 aromatic carbocycles. The molecule has 1 heterocycles. The Morgan fingerprint density at radius 1 is 1.00 bits per heavy atom. The van der Waals surface area contributed by atoms with E-state index in [0.29, 0.717) is 12.1 Å². The van der Waals surface area contributed by atoms with E-state index >= 15 is 0 Å². The molecule has 0 radical (unpaired) electrons. The highest BCUT2D eigenvalue weighted by molar-refractivity contribution is 4.96. The Hall–Kier alpha value is -0.0800. The molecule has 86 valence electrons. The first kappa shape index (κ1) is 10.1. The van der Waals surface area contributed by atoms with E-state index in [1.165, 1.54) is 38.5 Å². The van der Waals surface area contributed by atoms with Crippen molar-refractivity contribution < 1.29 is 4.74 Å². The molecule has 1 aliphatic heterocycles. The van der Waals surface area contributed by atoms with Gasteiger partial charge in [-0.1, -0.05) is 13.3 Å². The van der Waals surface area contributed by atoms with Gasteiger partial charge in [0.05, 0.1) is 6.10 Å². The van der Waals surface area contributed by atoms with Crippen molar-refractivity contribution >= 4 is 0 Å². The largest absolute Gasteiger partial charge is 0.376 e. The number of rotatable bonds is 3. The molecule has 0 bridgehead atoms. The van der Waals surface area contributed by atoms with Gasteiger partial charge in [0.1, 0.15) is 0 Å². The molecule has 2 nitrogen and oxygen atoms in total. The van der Waals surface area contributed by atoms with E-state index in [1.807, 2.05) is 0 Å². The van der Waals surface area contributed by atoms with Crippen molar-refractivity contribution in [1.29, 1.82) is 0 Å². The zero-order valence-electron chi connectivity index (χ0n) is 9.74. The molecule has 0 spiro atoms. The van der Waals surface area contributed by atoms with Crippen LogP contribution in [0.2, 0.25) is 0 Å². The lowest BCUT2D eigenvalue weighted by atomic mass is 10.0. The Morgan fingerprint density at radius 2 is 1.87 bits per heavy atom. The molecule has 3 rings (SSSR count). The fourth-order valence-corrected chi connectivity index (χ4v) is 3.35. The smallest absolute Gasteiger partial charge is 0.0757 e. The second-order valence-electron chi connectivity index (χ2n) is 5.75. The van der Waals surface area contributed by atoms with Crippen molar-refractivity contribution in [2.45, 2.75) is 63.6 Å². The maximum atomic E-state index is 5.87. The molecule has 0 aromatic heterocycles. The van der Waals surface area contributed by atoms with Crippen LogP contribution in [-0.4, -0.2) is 24.8 Å². The van der Waals surface area contributed by atoms with Crippen molar-refractivity contribution in [2.75, 3.05) is 6.61 Å². The van der Waals surface area contributed by atoms with Gasteiger partial charge in [0.15, 0.2) is 0 Å². The van der Waals surface area contributed by atoms with Crippen molar-refractivity contribution in [3.8, 4) is 0 Å². The monoisotopic (exact) mass is 209 g/mol. The minimum atomic E-state index is 0.554. The average Bonchev–Trinajstić information content (AvgIpc) is 2.85. The molecule has 4 atom stereocenters. The summed E-state index contributed by atoms with van der Waals surface area (Å²) in [7, 11) is 0. The summed E-state index contributed by atoms with van der Waals surface area (Å²) < 4.78 is 5.87. The van der Waals surface area contributed by atoms with Crippen LogP contribution in [0.4, 0.5) is 0 Å². The molecule has 4 unspecified atom stereocenters. The van der Waals surface area contributed by atoms with E-state index in [4.69, 9.17) is 4.74 Å². The molecular weight excluding hydrogens is 186 g/mol. The fraction of sp³-hybridized carbons (Fsp3) is 1.00. The molecule has 0 aromatic rings. The van der Waals surface area contributed by atoms with Crippen LogP contribution in [0.25, 0.3) is 0 Å². The summed E-state index contributed by atoms with van der Waals surface area (Å²) in [6, 6.07) is 1.45. The first-order chi connectivity index (χ1) is 7.34. The maximum Gasteiger partial charge on any atom is 0.0757 e. The van der Waals surface area contributed by atoms with Gasteiger partial charge in [0, 0.05) is 18.7 Å². The van der Waals surface area contributed by atoms with Crippen LogP contribution in [0.3, 0.4) is 0 Å². The highest BCUT2D eigenvalue weighted by Crippen LogP contribution is 2.39. The van der Waals surface area contributed by atoms with Crippen molar-refractivity contribution in [1.82, 2.24) is 5.32 Å². The summed E-state index contributed by atoms with van der Waals surface area (Å²) in [4.78, 5) is 0. The van der Waals surface area contributed by atoms with Crippen LogP contribution in [0.15, 0.2) is 0 Å². The summed E-state index contributed by atoms with van der Waals surface area (Å²) in [5, 5.41) is 3.87. The third-order valence-electron chi connectivity index (χ3n) is 4.51. The van der Waals surface area contributed by atoms with Crippen molar-refractivity contribution in [3.05, 3.63) is 0 Å². The summed E-state index contributed by atoms with van der Waals surface area (Å²) in [6.45, 7) is 3.38. The quantitative estimate of drug-likeness (QED) is 0.770. The molecule has 2 saturated carbocycles. The summed E-state index contributed by atoms with van der Waals surface area (Å²) in [5.41, 5.74) is 0. The molecule has 0 amide bonds. The lowest BCUT2D eigenvalue weighted by molar-refractivity contribution is 0.0779. The Bertz CT molecular complexity index is 227. The number of hydrogen-bond acceptors (Lipinski definition) is 2. The normalized spacial score (nSPS) is 46.2. The van der Waals surface area contributed by atoms with Crippen LogP contribution in [0, 0.1) is 11.8 Å². The number of ether oxygens (including phenoxy) is 1.